The number of imidazole rings is 1. The van der Waals surface area contributed by atoms with Gasteiger partial charge in [0.15, 0.2) is 5.16 Å². The second kappa shape index (κ2) is 5.25. The van der Waals surface area contributed by atoms with Gasteiger partial charge in [-0.25, -0.2) is 9.37 Å². The zero-order valence-corrected chi connectivity index (χ0v) is 11.0. The SMILES string of the molecule is Nc1nc(Sc2cccc(F)c2)nc(-n2ccnc2)n1. The number of nitrogens with two attached hydrogens (primary N) is 1. The molecule has 0 amide bonds. The van der Waals surface area contributed by atoms with Crippen LogP contribution >= 0.6 is 11.8 Å². The van der Waals surface area contributed by atoms with Gasteiger partial charge in [-0.3, -0.25) is 4.57 Å². The zero-order valence-electron chi connectivity index (χ0n) is 10.1. The van der Waals surface area contributed by atoms with Gasteiger partial charge in [0.2, 0.25) is 11.9 Å². The van der Waals surface area contributed by atoms with Crippen LogP contribution in [0.2, 0.25) is 0 Å². The van der Waals surface area contributed by atoms with E-state index in [0.717, 1.165) is 0 Å². The number of halogens is 1. The predicted octanol–water partition coefficient (Wildman–Crippen LogP) is 1.93. The van der Waals surface area contributed by atoms with E-state index in [4.69, 9.17) is 5.73 Å². The van der Waals surface area contributed by atoms with Crippen LogP contribution in [0, 0.1) is 5.82 Å². The third kappa shape index (κ3) is 2.75. The van der Waals surface area contributed by atoms with Gasteiger partial charge in [-0.15, -0.1) is 0 Å². The van der Waals surface area contributed by atoms with Crippen molar-refractivity contribution >= 4 is 17.7 Å². The van der Waals surface area contributed by atoms with Gasteiger partial charge in [0.1, 0.15) is 12.1 Å². The Morgan fingerprint density at radius 2 is 2.10 bits per heavy atom. The van der Waals surface area contributed by atoms with Crippen molar-refractivity contribution < 1.29 is 4.39 Å². The molecule has 2 heterocycles. The summed E-state index contributed by atoms with van der Waals surface area (Å²) in [5.74, 6) is 0.156. The predicted molar refractivity (Wildman–Crippen MR) is 71.9 cm³/mol. The van der Waals surface area contributed by atoms with Crippen LogP contribution in [0.5, 0.6) is 0 Å². The Bertz CT molecular complexity index is 731. The van der Waals surface area contributed by atoms with Gasteiger partial charge in [-0.05, 0) is 30.0 Å². The van der Waals surface area contributed by atoms with Crippen molar-refractivity contribution in [2.45, 2.75) is 10.1 Å². The van der Waals surface area contributed by atoms with Gasteiger partial charge >= 0.3 is 0 Å². The minimum atomic E-state index is -0.313. The number of hydrogen-bond donors (Lipinski definition) is 1. The fraction of sp³-hybridized carbons (Fsp3) is 0. The van der Waals surface area contributed by atoms with Crippen molar-refractivity contribution in [2.24, 2.45) is 0 Å². The lowest BCUT2D eigenvalue weighted by Gasteiger charge is -2.04. The van der Waals surface area contributed by atoms with Gasteiger partial charge < -0.3 is 5.73 Å². The van der Waals surface area contributed by atoms with E-state index < -0.39 is 0 Å². The summed E-state index contributed by atoms with van der Waals surface area (Å²) in [4.78, 5) is 16.9. The highest BCUT2D eigenvalue weighted by atomic mass is 32.2. The van der Waals surface area contributed by atoms with Gasteiger partial charge in [-0.2, -0.15) is 15.0 Å². The van der Waals surface area contributed by atoms with Crippen LogP contribution in [0.15, 0.2) is 53.0 Å². The van der Waals surface area contributed by atoms with Crippen molar-refractivity contribution in [2.75, 3.05) is 5.73 Å². The Kier molecular flexibility index (Phi) is 3.30. The standard InChI is InChI=1S/C12H9FN6S/c13-8-2-1-3-9(6-8)20-12-17-10(14)16-11(18-12)19-5-4-15-7-19/h1-7H,(H2,14,16,17,18). The summed E-state index contributed by atoms with van der Waals surface area (Å²) in [6, 6.07) is 6.17. The summed E-state index contributed by atoms with van der Waals surface area (Å²) in [6.45, 7) is 0. The number of anilines is 1. The topological polar surface area (TPSA) is 82.5 Å². The van der Waals surface area contributed by atoms with Crippen molar-refractivity contribution in [3.8, 4) is 5.95 Å². The number of hydrogen-bond acceptors (Lipinski definition) is 6. The number of nitrogens with zero attached hydrogens (tertiary/aromatic N) is 5. The van der Waals surface area contributed by atoms with Gasteiger partial charge in [0.25, 0.3) is 0 Å². The second-order valence-corrected chi connectivity index (χ2v) is 4.85. The van der Waals surface area contributed by atoms with Crippen LogP contribution in [-0.4, -0.2) is 24.5 Å². The highest BCUT2D eigenvalue weighted by Crippen LogP contribution is 2.25. The minimum absolute atomic E-state index is 0.0996. The number of rotatable bonds is 3. The smallest absolute Gasteiger partial charge is 0.240 e. The van der Waals surface area contributed by atoms with E-state index in [1.165, 1.54) is 23.9 Å². The molecule has 100 valence electrons. The molecule has 0 aliphatic carbocycles. The molecule has 0 aliphatic heterocycles. The summed E-state index contributed by atoms with van der Waals surface area (Å²) in [6.07, 6.45) is 4.87. The maximum absolute atomic E-state index is 13.1. The van der Waals surface area contributed by atoms with E-state index in [2.05, 4.69) is 19.9 Å². The van der Waals surface area contributed by atoms with Gasteiger partial charge in [0.05, 0.1) is 0 Å². The molecule has 0 saturated heterocycles. The van der Waals surface area contributed by atoms with Crippen LogP contribution in [0.4, 0.5) is 10.3 Å². The minimum Gasteiger partial charge on any atom is -0.368 e. The molecule has 0 saturated carbocycles. The zero-order chi connectivity index (χ0) is 13.9. The second-order valence-electron chi connectivity index (χ2n) is 3.81. The Labute approximate surface area is 117 Å². The average Bonchev–Trinajstić information content (AvgIpc) is 2.91. The molecule has 3 rings (SSSR count). The lowest BCUT2D eigenvalue weighted by Crippen LogP contribution is -2.05. The third-order valence-corrected chi connectivity index (χ3v) is 3.22. The Morgan fingerprint density at radius 1 is 1.20 bits per heavy atom. The lowest BCUT2D eigenvalue weighted by molar-refractivity contribution is 0.624. The first-order chi connectivity index (χ1) is 9.70. The molecule has 0 unspecified atom stereocenters. The fourth-order valence-corrected chi connectivity index (χ4v) is 2.33. The molecule has 8 heteroatoms. The highest BCUT2D eigenvalue weighted by Gasteiger charge is 2.08. The molecule has 2 N–H and O–H groups in total. The molecule has 0 radical (unpaired) electrons. The van der Waals surface area contributed by atoms with E-state index in [0.29, 0.717) is 16.0 Å². The molecular formula is C12H9FN6S. The fourth-order valence-electron chi connectivity index (χ4n) is 1.54. The monoisotopic (exact) mass is 288 g/mol. The third-order valence-electron chi connectivity index (χ3n) is 2.36. The molecule has 0 spiro atoms. The van der Waals surface area contributed by atoms with Crippen molar-refractivity contribution in [1.29, 1.82) is 0 Å². The molecule has 1 aromatic carbocycles. The summed E-state index contributed by atoms with van der Waals surface area (Å²) >= 11 is 1.21. The normalized spacial score (nSPS) is 10.7. The molecule has 0 bridgehead atoms. The van der Waals surface area contributed by atoms with Crippen molar-refractivity contribution in [1.82, 2.24) is 24.5 Å². The van der Waals surface area contributed by atoms with Crippen molar-refractivity contribution in [3.63, 3.8) is 0 Å². The van der Waals surface area contributed by atoms with Gasteiger partial charge in [-0.1, -0.05) is 6.07 Å². The number of aromatic nitrogens is 5. The first-order valence-electron chi connectivity index (χ1n) is 5.64. The maximum atomic E-state index is 13.1. The molecule has 0 fully saturated rings. The molecule has 2 aromatic heterocycles. The average molecular weight is 288 g/mol. The number of nitrogen functional groups attached to an aromatic ring is 1. The van der Waals surface area contributed by atoms with Crippen molar-refractivity contribution in [3.05, 3.63) is 48.8 Å². The lowest BCUT2D eigenvalue weighted by atomic mass is 10.4. The molecule has 0 atom stereocenters. The molecule has 20 heavy (non-hydrogen) atoms. The largest absolute Gasteiger partial charge is 0.368 e. The Morgan fingerprint density at radius 3 is 2.85 bits per heavy atom. The van der Waals surface area contributed by atoms with Crippen LogP contribution in [-0.2, 0) is 0 Å². The maximum Gasteiger partial charge on any atom is 0.240 e. The quantitative estimate of drug-likeness (QED) is 0.793. The first-order valence-corrected chi connectivity index (χ1v) is 6.46. The Balaban J connectivity index is 1.94. The van der Waals surface area contributed by atoms with E-state index in [-0.39, 0.29) is 11.8 Å². The van der Waals surface area contributed by atoms with Crippen LogP contribution in [0.1, 0.15) is 0 Å². The van der Waals surface area contributed by atoms with E-state index in [9.17, 15) is 4.39 Å². The van der Waals surface area contributed by atoms with Crippen LogP contribution < -0.4 is 5.73 Å². The van der Waals surface area contributed by atoms with Crippen LogP contribution in [0.25, 0.3) is 5.95 Å². The summed E-state index contributed by atoms with van der Waals surface area (Å²) in [5, 5.41) is 0.395. The van der Waals surface area contributed by atoms with Gasteiger partial charge in [0, 0.05) is 17.3 Å². The van der Waals surface area contributed by atoms with E-state index in [1.54, 1.807) is 35.4 Å². The highest BCUT2D eigenvalue weighted by molar-refractivity contribution is 7.99. The summed E-state index contributed by atoms with van der Waals surface area (Å²) in [5.41, 5.74) is 5.67. The molecule has 6 nitrogen and oxygen atoms in total. The molecule has 3 aromatic rings. The molecule has 0 aliphatic rings. The Hall–Kier alpha value is -2.48. The van der Waals surface area contributed by atoms with E-state index >= 15 is 0 Å². The number of benzene rings is 1. The summed E-state index contributed by atoms with van der Waals surface area (Å²) < 4.78 is 14.8. The molecular weight excluding hydrogens is 279 g/mol. The van der Waals surface area contributed by atoms with E-state index in [1.807, 2.05) is 0 Å². The summed E-state index contributed by atoms with van der Waals surface area (Å²) in [7, 11) is 0. The first kappa shape index (κ1) is 12.5. The van der Waals surface area contributed by atoms with Crippen LogP contribution in [0.3, 0.4) is 0 Å².